The molecule has 116 valence electrons. The summed E-state index contributed by atoms with van der Waals surface area (Å²) in [4.78, 5) is 25.4. The number of halogens is 1. The van der Waals surface area contributed by atoms with Gasteiger partial charge in [0.1, 0.15) is 11.7 Å². The average Bonchev–Trinajstić information content (AvgIpc) is 2.45. The highest BCUT2D eigenvalue weighted by Gasteiger charge is 2.22. The van der Waals surface area contributed by atoms with Crippen molar-refractivity contribution in [1.82, 2.24) is 10.3 Å². The van der Waals surface area contributed by atoms with Crippen LogP contribution in [-0.4, -0.2) is 46.8 Å². The number of amides is 1. The summed E-state index contributed by atoms with van der Waals surface area (Å²) in [6.45, 7) is 1.50. The van der Waals surface area contributed by atoms with Crippen molar-refractivity contribution in [2.45, 2.75) is 25.6 Å². The summed E-state index contributed by atoms with van der Waals surface area (Å²) in [5, 5.41) is 22.2. The highest BCUT2D eigenvalue weighted by Crippen LogP contribution is 2.20. The van der Waals surface area contributed by atoms with Crippen LogP contribution in [0.3, 0.4) is 0 Å². The number of ether oxygens (including phenoxy) is 1. The maximum Gasteiger partial charge on any atom is 0.342 e. The summed E-state index contributed by atoms with van der Waals surface area (Å²) < 4.78 is 17.8. The number of aromatic nitrogens is 1. The van der Waals surface area contributed by atoms with Crippen molar-refractivity contribution < 1.29 is 28.9 Å². The molecule has 0 fully saturated rings. The van der Waals surface area contributed by atoms with E-state index in [-0.39, 0.29) is 24.4 Å². The lowest BCUT2D eigenvalue weighted by molar-refractivity contribution is -0.119. The van der Waals surface area contributed by atoms with Crippen molar-refractivity contribution in [1.29, 1.82) is 0 Å². The second kappa shape index (κ2) is 7.65. The van der Waals surface area contributed by atoms with Gasteiger partial charge in [-0.3, -0.25) is 4.79 Å². The second-order valence-electron chi connectivity index (χ2n) is 4.38. The molecule has 0 bridgehead atoms. The van der Waals surface area contributed by atoms with Crippen LogP contribution >= 0.6 is 0 Å². The number of nitrogens with zero attached hydrogens (tertiary/aromatic N) is 1. The van der Waals surface area contributed by atoms with Gasteiger partial charge in [0.25, 0.3) is 0 Å². The number of pyridine rings is 1. The molecule has 21 heavy (non-hydrogen) atoms. The van der Waals surface area contributed by atoms with E-state index in [4.69, 9.17) is 0 Å². The van der Waals surface area contributed by atoms with E-state index >= 15 is 0 Å². The fourth-order valence-corrected chi connectivity index (χ4v) is 1.66. The third kappa shape index (κ3) is 4.76. The van der Waals surface area contributed by atoms with E-state index in [0.717, 1.165) is 19.4 Å². The molecule has 2 atom stereocenters. The van der Waals surface area contributed by atoms with Crippen LogP contribution in [0.25, 0.3) is 0 Å². The van der Waals surface area contributed by atoms with E-state index in [2.05, 4.69) is 15.0 Å². The van der Waals surface area contributed by atoms with Gasteiger partial charge in [-0.25, -0.2) is 9.78 Å². The Bertz CT molecular complexity index is 523. The lowest BCUT2D eigenvalue weighted by Crippen LogP contribution is -2.27. The fourth-order valence-electron chi connectivity index (χ4n) is 1.66. The van der Waals surface area contributed by atoms with E-state index in [1.54, 1.807) is 0 Å². The van der Waals surface area contributed by atoms with Gasteiger partial charge in [0.05, 0.1) is 13.2 Å². The van der Waals surface area contributed by atoms with Crippen molar-refractivity contribution in [2.75, 3.05) is 13.7 Å². The monoisotopic (exact) mass is 300 g/mol. The van der Waals surface area contributed by atoms with Crippen LogP contribution in [0, 0.1) is 5.95 Å². The zero-order valence-electron chi connectivity index (χ0n) is 11.7. The standard InChI is InChI=1S/C13H17FN2O5/c1-7(17)15-4-3-10(18)11(19)8-5-9(13(20)21-2)12(14)16-6-8/h5-6,10-11,18-19H,3-4H2,1-2H3,(H,15,17). The van der Waals surface area contributed by atoms with Gasteiger partial charge in [-0.1, -0.05) is 0 Å². The molecule has 0 radical (unpaired) electrons. The first-order chi connectivity index (χ1) is 9.86. The molecule has 2 unspecified atom stereocenters. The normalized spacial score (nSPS) is 13.4. The molecule has 8 heteroatoms. The third-order valence-electron chi connectivity index (χ3n) is 2.79. The van der Waals surface area contributed by atoms with E-state index in [9.17, 15) is 24.2 Å². The molecule has 0 aliphatic carbocycles. The van der Waals surface area contributed by atoms with Gasteiger partial charge in [-0.15, -0.1) is 0 Å². The summed E-state index contributed by atoms with van der Waals surface area (Å²) in [6.07, 6.45) is -1.45. The summed E-state index contributed by atoms with van der Waals surface area (Å²) in [5.74, 6) is -2.21. The molecule has 3 N–H and O–H groups in total. The van der Waals surface area contributed by atoms with Crippen LogP contribution in [0.5, 0.6) is 0 Å². The lowest BCUT2D eigenvalue weighted by atomic mass is 10.0. The Kier molecular flexibility index (Phi) is 6.19. The first-order valence-electron chi connectivity index (χ1n) is 6.21. The molecule has 1 aromatic rings. The molecule has 7 nitrogen and oxygen atoms in total. The topological polar surface area (TPSA) is 109 Å². The van der Waals surface area contributed by atoms with Crippen LogP contribution in [0.15, 0.2) is 12.3 Å². The largest absolute Gasteiger partial charge is 0.465 e. The average molecular weight is 300 g/mol. The van der Waals surface area contributed by atoms with Gasteiger partial charge >= 0.3 is 5.97 Å². The van der Waals surface area contributed by atoms with E-state index in [1.807, 2.05) is 0 Å². The molecule has 0 saturated carbocycles. The summed E-state index contributed by atoms with van der Waals surface area (Å²) in [7, 11) is 1.09. The molecule has 1 aromatic heterocycles. The predicted molar refractivity (Wildman–Crippen MR) is 69.8 cm³/mol. The van der Waals surface area contributed by atoms with Crippen LogP contribution < -0.4 is 5.32 Å². The van der Waals surface area contributed by atoms with Crippen LogP contribution in [0.1, 0.15) is 35.4 Å². The minimum atomic E-state index is -1.37. The number of esters is 1. The molecule has 1 rings (SSSR count). The fraction of sp³-hybridized carbons (Fsp3) is 0.462. The number of hydrogen-bond donors (Lipinski definition) is 3. The van der Waals surface area contributed by atoms with Gasteiger partial charge in [0, 0.05) is 25.2 Å². The zero-order chi connectivity index (χ0) is 16.0. The smallest absolute Gasteiger partial charge is 0.342 e. The number of methoxy groups -OCH3 is 1. The van der Waals surface area contributed by atoms with Crippen molar-refractivity contribution in [2.24, 2.45) is 0 Å². The lowest BCUT2D eigenvalue weighted by Gasteiger charge is -2.18. The van der Waals surface area contributed by atoms with Gasteiger partial charge in [-0.05, 0) is 12.5 Å². The first kappa shape index (κ1) is 17.0. The molecule has 1 heterocycles. The summed E-state index contributed by atoms with van der Waals surface area (Å²) in [5.41, 5.74) is -0.352. The zero-order valence-corrected chi connectivity index (χ0v) is 11.7. The van der Waals surface area contributed by atoms with Crippen LogP contribution in [-0.2, 0) is 9.53 Å². The van der Waals surface area contributed by atoms with Gasteiger partial charge < -0.3 is 20.3 Å². The van der Waals surface area contributed by atoms with E-state index < -0.39 is 29.7 Å². The number of carbonyl (C=O) groups excluding carboxylic acids is 2. The minimum Gasteiger partial charge on any atom is -0.465 e. The van der Waals surface area contributed by atoms with Crippen LogP contribution in [0.2, 0.25) is 0 Å². The summed E-state index contributed by atoms with van der Waals surface area (Å²) in [6, 6.07) is 1.07. The van der Waals surface area contributed by atoms with E-state index in [1.165, 1.54) is 6.92 Å². The summed E-state index contributed by atoms with van der Waals surface area (Å²) >= 11 is 0. The molecule has 0 aromatic carbocycles. The SMILES string of the molecule is COC(=O)c1cc(C(O)C(O)CCNC(C)=O)cnc1F. The van der Waals surface area contributed by atoms with Gasteiger partial charge in [-0.2, -0.15) is 4.39 Å². The van der Waals surface area contributed by atoms with Crippen molar-refractivity contribution in [3.63, 3.8) is 0 Å². The first-order valence-corrected chi connectivity index (χ1v) is 6.21. The molecule has 0 aliphatic heterocycles. The molecule has 0 saturated heterocycles. The molecule has 0 spiro atoms. The van der Waals surface area contributed by atoms with Crippen molar-refractivity contribution >= 4 is 11.9 Å². The Morgan fingerprint density at radius 3 is 2.71 bits per heavy atom. The second-order valence-corrected chi connectivity index (χ2v) is 4.38. The highest BCUT2D eigenvalue weighted by atomic mass is 19.1. The maximum absolute atomic E-state index is 13.4. The quantitative estimate of drug-likeness (QED) is 0.501. The number of aliphatic hydroxyl groups excluding tert-OH is 2. The molecular weight excluding hydrogens is 283 g/mol. The number of hydrogen-bond acceptors (Lipinski definition) is 6. The molecule has 1 amide bonds. The molecular formula is C13H17FN2O5. The van der Waals surface area contributed by atoms with Crippen molar-refractivity contribution in [3.05, 3.63) is 29.3 Å². The van der Waals surface area contributed by atoms with E-state index in [0.29, 0.717) is 0 Å². The number of carbonyl (C=O) groups is 2. The number of rotatable bonds is 6. The Balaban J connectivity index is 2.79. The Labute approximate surface area is 120 Å². The third-order valence-corrected chi connectivity index (χ3v) is 2.79. The Morgan fingerprint density at radius 1 is 1.48 bits per heavy atom. The Morgan fingerprint density at radius 2 is 2.14 bits per heavy atom. The number of aliphatic hydroxyl groups is 2. The minimum absolute atomic E-state index is 0.0760. The van der Waals surface area contributed by atoms with Crippen LogP contribution in [0.4, 0.5) is 4.39 Å². The van der Waals surface area contributed by atoms with Gasteiger partial charge in [0.15, 0.2) is 0 Å². The van der Waals surface area contributed by atoms with Crippen molar-refractivity contribution in [3.8, 4) is 0 Å². The van der Waals surface area contributed by atoms with Gasteiger partial charge in [0.2, 0.25) is 11.9 Å². The maximum atomic E-state index is 13.4. The number of nitrogens with one attached hydrogen (secondary N) is 1. The predicted octanol–water partition coefficient (Wildman–Crippen LogP) is -0.0722. The Hall–Kier alpha value is -2.06. The highest BCUT2D eigenvalue weighted by molar-refractivity contribution is 5.89. The molecule has 0 aliphatic rings.